The normalized spacial score (nSPS) is 32.6. The van der Waals surface area contributed by atoms with Gasteiger partial charge in [0.25, 0.3) is 0 Å². The Morgan fingerprint density at radius 1 is 1.24 bits per heavy atom. The summed E-state index contributed by atoms with van der Waals surface area (Å²) in [6.45, 7) is 1.41. The van der Waals surface area contributed by atoms with Crippen LogP contribution in [0.1, 0.15) is 32.1 Å². The summed E-state index contributed by atoms with van der Waals surface area (Å²) in [5, 5.41) is 15.1. The van der Waals surface area contributed by atoms with E-state index in [-0.39, 0.29) is 23.8 Å². The van der Waals surface area contributed by atoms with E-state index in [0.29, 0.717) is 6.54 Å². The third kappa shape index (κ3) is 2.97. The third-order valence-electron chi connectivity index (χ3n) is 3.89. The van der Waals surface area contributed by atoms with Gasteiger partial charge in [-0.05, 0) is 38.1 Å². The molecule has 2 aliphatic rings. The van der Waals surface area contributed by atoms with Gasteiger partial charge < -0.3 is 15.7 Å². The Hall–Kier alpha value is -1.10. The molecule has 1 saturated heterocycles. The molecule has 0 radical (unpaired) electrons. The highest BCUT2D eigenvalue weighted by molar-refractivity contribution is 5.82. The number of aliphatic carboxylic acids is 1. The number of carboxylic acid groups (broad SMARTS) is 1. The highest BCUT2D eigenvalue weighted by atomic mass is 16.4. The second-order valence-corrected chi connectivity index (χ2v) is 5.03. The Labute approximate surface area is 101 Å². The minimum Gasteiger partial charge on any atom is -0.481 e. The van der Waals surface area contributed by atoms with E-state index in [0.717, 1.165) is 38.6 Å². The summed E-state index contributed by atoms with van der Waals surface area (Å²) in [6.07, 6.45) is 4.55. The monoisotopic (exact) mass is 240 g/mol. The average Bonchev–Trinajstić information content (AvgIpc) is 2.96. The van der Waals surface area contributed by atoms with Crippen LogP contribution in [0.5, 0.6) is 0 Å². The van der Waals surface area contributed by atoms with Gasteiger partial charge in [-0.1, -0.05) is 6.42 Å². The molecule has 5 heteroatoms. The molecule has 0 aromatic heterocycles. The maximum absolute atomic E-state index is 11.8. The van der Waals surface area contributed by atoms with Crippen molar-refractivity contribution in [1.29, 1.82) is 0 Å². The standard InChI is InChI=1S/C12H20N2O3/c15-11(10-5-2-6-13-10)14-7-8-3-1-4-9(8)12(16)17/h8-10,13H,1-7H2,(H,14,15)(H,16,17). The highest BCUT2D eigenvalue weighted by Crippen LogP contribution is 2.31. The maximum atomic E-state index is 11.8. The van der Waals surface area contributed by atoms with Crippen LogP contribution in [0.3, 0.4) is 0 Å². The van der Waals surface area contributed by atoms with Crippen molar-refractivity contribution < 1.29 is 14.7 Å². The van der Waals surface area contributed by atoms with Crippen molar-refractivity contribution in [2.24, 2.45) is 11.8 Å². The predicted molar refractivity (Wildman–Crippen MR) is 62.5 cm³/mol. The van der Waals surface area contributed by atoms with Gasteiger partial charge in [-0.25, -0.2) is 0 Å². The molecule has 3 unspecified atom stereocenters. The summed E-state index contributed by atoms with van der Waals surface area (Å²) in [5.41, 5.74) is 0. The second kappa shape index (κ2) is 5.49. The van der Waals surface area contributed by atoms with Crippen LogP contribution >= 0.6 is 0 Å². The van der Waals surface area contributed by atoms with Crippen LogP contribution < -0.4 is 10.6 Å². The smallest absolute Gasteiger partial charge is 0.306 e. The van der Waals surface area contributed by atoms with Gasteiger partial charge in [-0.2, -0.15) is 0 Å². The molecular weight excluding hydrogens is 220 g/mol. The molecule has 1 amide bonds. The maximum Gasteiger partial charge on any atom is 0.306 e. The van der Waals surface area contributed by atoms with Gasteiger partial charge in [-0.3, -0.25) is 9.59 Å². The van der Waals surface area contributed by atoms with E-state index >= 15 is 0 Å². The zero-order valence-electron chi connectivity index (χ0n) is 9.95. The van der Waals surface area contributed by atoms with Gasteiger partial charge >= 0.3 is 5.97 Å². The number of carbonyl (C=O) groups is 2. The molecule has 2 fully saturated rings. The zero-order valence-corrected chi connectivity index (χ0v) is 9.95. The van der Waals surface area contributed by atoms with Gasteiger partial charge in [-0.15, -0.1) is 0 Å². The molecule has 96 valence electrons. The fraction of sp³-hybridized carbons (Fsp3) is 0.833. The van der Waals surface area contributed by atoms with Crippen LogP contribution in [-0.2, 0) is 9.59 Å². The van der Waals surface area contributed by atoms with Crippen LogP contribution in [0.15, 0.2) is 0 Å². The van der Waals surface area contributed by atoms with Crippen LogP contribution in [0.25, 0.3) is 0 Å². The highest BCUT2D eigenvalue weighted by Gasteiger charge is 2.33. The summed E-state index contributed by atoms with van der Waals surface area (Å²) in [4.78, 5) is 22.7. The summed E-state index contributed by atoms with van der Waals surface area (Å²) < 4.78 is 0. The Morgan fingerprint density at radius 2 is 2.06 bits per heavy atom. The van der Waals surface area contributed by atoms with Crippen LogP contribution in [0, 0.1) is 11.8 Å². The van der Waals surface area contributed by atoms with E-state index in [4.69, 9.17) is 5.11 Å². The minimum atomic E-state index is -0.722. The Kier molecular flexibility index (Phi) is 3.99. The summed E-state index contributed by atoms with van der Waals surface area (Å²) in [6, 6.07) is -0.0697. The Bertz CT molecular complexity index is 300. The first-order valence-electron chi connectivity index (χ1n) is 6.42. The van der Waals surface area contributed by atoms with Crippen molar-refractivity contribution in [3.63, 3.8) is 0 Å². The number of carboxylic acids is 1. The molecule has 0 spiro atoms. The van der Waals surface area contributed by atoms with E-state index in [9.17, 15) is 9.59 Å². The third-order valence-corrected chi connectivity index (χ3v) is 3.89. The van der Waals surface area contributed by atoms with Gasteiger partial charge in [0.2, 0.25) is 5.91 Å². The van der Waals surface area contributed by atoms with Gasteiger partial charge in [0.05, 0.1) is 12.0 Å². The first-order chi connectivity index (χ1) is 8.18. The summed E-state index contributed by atoms with van der Waals surface area (Å²) in [5.74, 6) is -0.857. The quantitative estimate of drug-likeness (QED) is 0.663. The minimum absolute atomic E-state index is 0.0264. The first kappa shape index (κ1) is 12.4. The van der Waals surface area contributed by atoms with Gasteiger partial charge in [0.15, 0.2) is 0 Å². The predicted octanol–water partition coefficient (Wildman–Crippen LogP) is 0.356. The fourth-order valence-electron chi connectivity index (χ4n) is 2.87. The Morgan fingerprint density at radius 3 is 2.71 bits per heavy atom. The van der Waals surface area contributed by atoms with Crippen LogP contribution in [-0.4, -0.2) is 36.1 Å². The molecule has 1 saturated carbocycles. The number of amides is 1. The molecular formula is C12H20N2O3. The number of hydrogen-bond donors (Lipinski definition) is 3. The van der Waals surface area contributed by atoms with Crippen molar-refractivity contribution in [2.45, 2.75) is 38.1 Å². The first-order valence-corrected chi connectivity index (χ1v) is 6.42. The second-order valence-electron chi connectivity index (χ2n) is 5.03. The summed E-state index contributed by atoms with van der Waals surface area (Å²) >= 11 is 0. The van der Waals surface area contributed by atoms with E-state index < -0.39 is 5.97 Å². The molecule has 3 atom stereocenters. The largest absolute Gasteiger partial charge is 0.481 e. The van der Waals surface area contributed by atoms with Crippen LogP contribution in [0.4, 0.5) is 0 Å². The molecule has 3 N–H and O–H groups in total. The average molecular weight is 240 g/mol. The topological polar surface area (TPSA) is 78.4 Å². The van der Waals surface area contributed by atoms with Gasteiger partial charge in [0.1, 0.15) is 0 Å². The molecule has 5 nitrogen and oxygen atoms in total. The number of hydrogen-bond acceptors (Lipinski definition) is 3. The lowest BCUT2D eigenvalue weighted by molar-refractivity contribution is -0.143. The van der Waals surface area contributed by atoms with E-state index in [2.05, 4.69) is 10.6 Å². The lowest BCUT2D eigenvalue weighted by atomic mass is 9.96. The molecule has 2 rings (SSSR count). The van der Waals surface area contributed by atoms with Crippen molar-refractivity contribution >= 4 is 11.9 Å². The number of nitrogens with one attached hydrogen (secondary N) is 2. The van der Waals surface area contributed by atoms with Crippen molar-refractivity contribution in [3.05, 3.63) is 0 Å². The van der Waals surface area contributed by atoms with E-state index in [1.807, 2.05) is 0 Å². The van der Waals surface area contributed by atoms with Crippen molar-refractivity contribution in [3.8, 4) is 0 Å². The number of rotatable bonds is 4. The Balaban J connectivity index is 1.77. The van der Waals surface area contributed by atoms with Crippen molar-refractivity contribution in [1.82, 2.24) is 10.6 Å². The van der Waals surface area contributed by atoms with E-state index in [1.165, 1.54) is 0 Å². The molecule has 17 heavy (non-hydrogen) atoms. The van der Waals surface area contributed by atoms with Crippen LogP contribution in [0.2, 0.25) is 0 Å². The lowest BCUT2D eigenvalue weighted by Gasteiger charge is -2.18. The van der Waals surface area contributed by atoms with Crippen molar-refractivity contribution in [2.75, 3.05) is 13.1 Å². The number of carbonyl (C=O) groups excluding carboxylic acids is 1. The van der Waals surface area contributed by atoms with Gasteiger partial charge in [0, 0.05) is 6.54 Å². The summed E-state index contributed by atoms with van der Waals surface area (Å²) in [7, 11) is 0. The molecule has 0 aromatic rings. The van der Waals surface area contributed by atoms with E-state index in [1.54, 1.807) is 0 Å². The molecule has 0 bridgehead atoms. The molecule has 1 aliphatic heterocycles. The SMILES string of the molecule is O=C(NCC1CCCC1C(=O)O)C1CCCN1. The zero-order chi connectivity index (χ0) is 12.3. The lowest BCUT2D eigenvalue weighted by Crippen LogP contribution is -2.43. The fourth-order valence-corrected chi connectivity index (χ4v) is 2.87. The molecule has 1 aliphatic carbocycles. The molecule has 1 heterocycles. The molecule has 0 aromatic carbocycles.